The third kappa shape index (κ3) is 6.98. The number of guanidine groups is 1. The van der Waals surface area contributed by atoms with Gasteiger partial charge in [-0.3, -0.25) is 0 Å². The van der Waals surface area contributed by atoms with E-state index in [0.717, 1.165) is 29.3 Å². The van der Waals surface area contributed by atoms with Gasteiger partial charge in [0.25, 0.3) is 0 Å². The Bertz CT molecular complexity index is 1010. The summed E-state index contributed by atoms with van der Waals surface area (Å²) in [4.78, 5) is 4.61. The predicted molar refractivity (Wildman–Crippen MR) is 128 cm³/mol. The molecule has 0 saturated heterocycles. The van der Waals surface area contributed by atoms with Gasteiger partial charge in [0.15, 0.2) is 11.8 Å². The van der Waals surface area contributed by atoms with Crippen LogP contribution in [0.2, 0.25) is 0 Å². The van der Waals surface area contributed by atoms with E-state index in [2.05, 4.69) is 25.8 Å². The van der Waals surface area contributed by atoms with Gasteiger partial charge in [0.05, 0.1) is 6.04 Å². The minimum atomic E-state index is -0.450. The van der Waals surface area contributed by atoms with E-state index in [-0.39, 0.29) is 30.0 Å². The fourth-order valence-electron chi connectivity index (χ4n) is 2.97. The molecular weight excluding hydrogens is 513 g/mol. The lowest BCUT2D eigenvalue weighted by Gasteiger charge is -2.19. The Morgan fingerprint density at radius 2 is 1.87 bits per heavy atom. The Labute approximate surface area is 198 Å². The maximum absolute atomic E-state index is 13.9. The molecule has 6 nitrogen and oxygen atoms in total. The van der Waals surface area contributed by atoms with Gasteiger partial charge in [0.1, 0.15) is 24.0 Å². The van der Waals surface area contributed by atoms with Crippen molar-refractivity contribution in [1.82, 2.24) is 25.4 Å². The van der Waals surface area contributed by atoms with Crippen molar-refractivity contribution in [3.05, 3.63) is 82.9 Å². The van der Waals surface area contributed by atoms with Crippen LogP contribution in [-0.4, -0.2) is 27.3 Å². The van der Waals surface area contributed by atoms with Crippen molar-refractivity contribution < 1.29 is 8.78 Å². The van der Waals surface area contributed by atoms with E-state index in [9.17, 15) is 8.78 Å². The number of rotatable bonds is 7. The molecule has 0 aliphatic rings. The van der Waals surface area contributed by atoms with Crippen molar-refractivity contribution in [3.8, 4) is 0 Å². The zero-order chi connectivity index (χ0) is 21.5. The minimum absolute atomic E-state index is 0. The molecule has 3 aromatic rings. The van der Waals surface area contributed by atoms with Crippen LogP contribution in [0.25, 0.3) is 0 Å². The second-order valence-electron chi connectivity index (χ2n) is 7.08. The third-order valence-corrected chi connectivity index (χ3v) is 4.91. The van der Waals surface area contributed by atoms with E-state index < -0.39 is 11.6 Å². The predicted octanol–water partition coefficient (Wildman–Crippen LogP) is 4.06. The highest BCUT2D eigenvalue weighted by molar-refractivity contribution is 14.0. The van der Waals surface area contributed by atoms with Gasteiger partial charge in [-0.15, -0.1) is 34.2 Å². The summed E-state index contributed by atoms with van der Waals surface area (Å²) < 4.78 is 29.2. The third-order valence-electron chi connectivity index (χ3n) is 4.91. The molecule has 0 spiro atoms. The molecule has 2 N–H and O–H groups in total. The quantitative estimate of drug-likeness (QED) is 0.270. The first-order valence-corrected chi connectivity index (χ1v) is 9.82. The van der Waals surface area contributed by atoms with E-state index in [1.807, 2.05) is 55.8 Å². The van der Waals surface area contributed by atoms with Crippen LogP contribution in [0.15, 0.2) is 53.5 Å². The average molecular weight is 540 g/mol. The molecular formula is C22H27F2IN6. The molecule has 31 heavy (non-hydrogen) atoms. The zero-order valence-corrected chi connectivity index (χ0v) is 20.1. The Kier molecular flexibility index (Phi) is 9.35. The highest BCUT2D eigenvalue weighted by atomic mass is 127. The molecule has 1 aromatic heterocycles. The smallest absolute Gasteiger partial charge is 0.192 e. The number of hydrogen-bond acceptors (Lipinski definition) is 3. The minimum Gasteiger partial charge on any atom is -0.356 e. The van der Waals surface area contributed by atoms with Gasteiger partial charge in [-0.1, -0.05) is 30.3 Å². The molecule has 9 heteroatoms. The first-order chi connectivity index (χ1) is 14.4. The lowest BCUT2D eigenvalue weighted by molar-refractivity contribution is 0.582. The molecule has 166 valence electrons. The average Bonchev–Trinajstić information content (AvgIpc) is 3.07. The van der Waals surface area contributed by atoms with Crippen LogP contribution >= 0.6 is 24.0 Å². The fourth-order valence-corrected chi connectivity index (χ4v) is 2.97. The second-order valence-corrected chi connectivity index (χ2v) is 7.08. The van der Waals surface area contributed by atoms with Crippen molar-refractivity contribution in [1.29, 1.82) is 0 Å². The number of benzene rings is 2. The molecule has 0 aliphatic carbocycles. The zero-order valence-electron chi connectivity index (χ0n) is 17.8. The molecule has 1 atom stereocenters. The lowest BCUT2D eigenvalue weighted by Crippen LogP contribution is -2.40. The summed E-state index contributed by atoms with van der Waals surface area (Å²) >= 11 is 0. The number of hydrogen-bond donors (Lipinski definition) is 2. The fraction of sp³-hybridized carbons (Fsp3) is 0.318. The number of nitrogens with one attached hydrogen (secondary N) is 2. The van der Waals surface area contributed by atoms with Crippen molar-refractivity contribution in [2.24, 2.45) is 12.0 Å². The van der Waals surface area contributed by atoms with E-state index in [1.165, 1.54) is 6.07 Å². The van der Waals surface area contributed by atoms with Crippen LogP contribution in [0, 0.1) is 18.6 Å². The van der Waals surface area contributed by atoms with Gasteiger partial charge in [-0.2, -0.15) is 0 Å². The number of halogens is 3. The number of nitrogens with zero attached hydrogens (tertiary/aromatic N) is 4. The van der Waals surface area contributed by atoms with E-state index in [0.29, 0.717) is 31.0 Å². The summed E-state index contributed by atoms with van der Waals surface area (Å²) in [5.41, 5.74) is 1.43. The standard InChI is InChI=1S/C22H26F2N6.HI/c1-15(17-7-5-4-6-8-17)27-22(26-14-21-29-28-16(2)30(21)3)25-12-11-18-13-19(23)9-10-20(18)24;/h4-10,13,15H,11-12,14H2,1-3H3,(H2,25,26,27);1H. The first-order valence-electron chi connectivity index (χ1n) is 9.82. The molecule has 0 saturated carbocycles. The molecule has 1 heterocycles. The Morgan fingerprint density at radius 3 is 2.55 bits per heavy atom. The summed E-state index contributed by atoms with van der Waals surface area (Å²) in [6.07, 6.45) is 0.326. The highest BCUT2D eigenvalue weighted by Crippen LogP contribution is 2.12. The van der Waals surface area contributed by atoms with Gasteiger partial charge in [-0.25, -0.2) is 13.8 Å². The van der Waals surface area contributed by atoms with Crippen LogP contribution in [0.5, 0.6) is 0 Å². The van der Waals surface area contributed by atoms with Crippen LogP contribution in [-0.2, 0) is 20.0 Å². The van der Waals surface area contributed by atoms with Gasteiger partial charge < -0.3 is 15.2 Å². The molecule has 0 bridgehead atoms. The second kappa shape index (κ2) is 11.7. The SMILES string of the molecule is Cc1nnc(CN=C(NCCc2cc(F)ccc2F)NC(C)c2ccccc2)n1C.I. The molecule has 0 amide bonds. The van der Waals surface area contributed by atoms with Gasteiger partial charge in [0, 0.05) is 13.6 Å². The van der Waals surface area contributed by atoms with Gasteiger partial charge >= 0.3 is 0 Å². The monoisotopic (exact) mass is 540 g/mol. The number of aromatic nitrogens is 3. The van der Waals surface area contributed by atoms with Crippen molar-refractivity contribution in [3.63, 3.8) is 0 Å². The number of aliphatic imine (C=N–C) groups is 1. The van der Waals surface area contributed by atoms with E-state index in [1.54, 1.807) is 0 Å². The Hall–Kier alpha value is -2.56. The molecule has 0 radical (unpaired) electrons. The van der Waals surface area contributed by atoms with Crippen molar-refractivity contribution >= 4 is 29.9 Å². The summed E-state index contributed by atoms with van der Waals surface area (Å²) in [6.45, 7) is 4.64. The van der Waals surface area contributed by atoms with Crippen LogP contribution in [0.4, 0.5) is 8.78 Å². The Morgan fingerprint density at radius 1 is 1.13 bits per heavy atom. The summed E-state index contributed by atoms with van der Waals surface area (Å²) in [7, 11) is 1.89. The number of aryl methyl sites for hydroxylation is 1. The largest absolute Gasteiger partial charge is 0.356 e. The van der Waals surface area contributed by atoms with Gasteiger partial charge in [-0.05, 0) is 49.6 Å². The van der Waals surface area contributed by atoms with Crippen molar-refractivity contribution in [2.45, 2.75) is 32.9 Å². The normalized spacial score (nSPS) is 12.2. The van der Waals surface area contributed by atoms with E-state index in [4.69, 9.17) is 0 Å². The molecule has 3 rings (SSSR count). The van der Waals surface area contributed by atoms with Crippen LogP contribution < -0.4 is 10.6 Å². The van der Waals surface area contributed by atoms with Crippen molar-refractivity contribution in [2.75, 3.05) is 6.54 Å². The maximum Gasteiger partial charge on any atom is 0.192 e. The lowest BCUT2D eigenvalue weighted by atomic mass is 10.1. The summed E-state index contributed by atoms with van der Waals surface area (Å²) in [5, 5.41) is 14.7. The summed E-state index contributed by atoms with van der Waals surface area (Å²) in [6, 6.07) is 13.5. The highest BCUT2D eigenvalue weighted by Gasteiger charge is 2.10. The maximum atomic E-state index is 13.9. The topological polar surface area (TPSA) is 67.1 Å². The van der Waals surface area contributed by atoms with Crippen LogP contribution in [0.3, 0.4) is 0 Å². The van der Waals surface area contributed by atoms with Crippen LogP contribution in [0.1, 0.15) is 35.7 Å². The van der Waals surface area contributed by atoms with Gasteiger partial charge in [0.2, 0.25) is 0 Å². The molecule has 2 aromatic carbocycles. The van der Waals surface area contributed by atoms with E-state index >= 15 is 0 Å². The summed E-state index contributed by atoms with van der Waals surface area (Å²) in [5.74, 6) is 1.23. The molecule has 1 unspecified atom stereocenters. The molecule has 0 fully saturated rings. The first kappa shape index (κ1) is 24.7. The molecule has 0 aliphatic heterocycles. The Balaban J connectivity index is 0.00000341.